The molecule has 1 unspecified atom stereocenters. The smallest absolute Gasteiger partial charge is 0.231 e. The number of aldehydes is 1. The van der Waals surface area contributed by atoms with E-state index in [9.17, 15) is 4.79 Å². The predicted molar refractivity (Wildman–Crippen MR) is 154 cm³/mol. The molecule has 0 N–H and O–H groups in total. The average molecular weight is 507 g/mol. The van der Waals surface area contributed by atoms with Crippen LogP contribution in [0.25, 0.3) is 0 Å². The quantitative estimate of drug-likeness (QED) is 0.256. The lowest BCUT2D eigenvalue weighted by molar-refractivity contribution is -0.109. The fraction of sp³-hybridized carbons (Fsp3) is 0.531. The van der Waals surface area contributed by atoms with Crippen LogP contribution in [-0.2, 0) is 4.79 Å². The summed E-state index contributed by atoms with van der Waals surface area (Å²) in [5, 5.41) is 0. The Labute approximate surface area is 224 Å². The van der Waals surface area contributed by atoms with Crippen molar-refractivity contribution >= 4 is 12.0 Å². The molecule has 5 heteroatoms. The van der Waals surface area contributed by atoms with Crippen molar-refractivity contribution in [2.45, 2.75) is 72.3 Å². The van der Waals surface area contributed by atoms with Crippen LogP contribution in [0.4, 0.5) is 5.69 Å². The number of hydrogen-bond acceptors (Lipinski definition) is 5. The lowest BCUT2D eigenvalue weighted by Crippen LogP contribution is -2.34. The van der Waals surface area contributed by atoms with E-state index in [4.69, 9.17) is 9.47 Å². The first-order valence-electron chi connectivity index (χ1n) is 13.7. The first kappa shape index (κ1) is 28.8. The molecule has 0 amide bonds. The third-order valence-electron chi connectivity index (χ3n) is 7.37. The second-order valence-corrected chi connectivity index (χ2v) is 11.1. The molecule has 0 radical (unpaired) electrons. The van der Waals surface area contributed by atoms with E-state index in [2.05, 4.69) is 100 Å². The lowest BCUT2D eigenvalue weighted by Gasteiger charge is -2.29. The monoisotopic (exact) mass is 506 g/mol. The van der Waals surface area contributed by atoms with Gasteiger partial charge in [0.2, 0.25) is 6.79 Å². The number of unbranched alkanes of at least 4 members (excludes halogenated alkanes) is 1. The molecule has 2 atom stereocenters. The molecule has 0 bridgehead atoms. The molecule has 4 rings (SSSR count). The first-order chi connectivity index (χ1) is 17.8. The first-order valence-corrected chi connectivity index (χ1v) is 13.7. The highest BCUT2D eigenvalue weighted by Crippen LogP contribution is 2.41. The molecule has 5 nitrogen and oxygen atoms in total. The number of rotatable bonds is 10. The Bertz CT molecular complexity index is 1030. The Morgan fingerprint density at radius 3 is 2.62 bits per heavy atom. The van der Waals surface area contributed by atoms with Crippen LogP contribution < -0.4 is 14.4 Å². The van der Waals surface area contributed by atoms with E-state index < -0.39 is 0 Å². The number of likely N-dealkylation sites (tertiary alicyclic amines) is 1. The molecule has 2 aliphatic rings. The van der Waals surface area contributed by atoms with Crippen LogP contribution >= 0.6 is 0 Å². The maximum atomic E-state index is 11.1. The van der Waals surface area contributed by atoms with Crippen molar-refractivity contribution < 1.29 is 14.3 Å². The number of anilines is 1. The Morgan fingerprint density at radius 1 is 1.14 bits per heavy atom. The summed E-state index contributed by atoms with van der Waals surface area (Å²) in [5.74, 6) is 2.10. The Kier molecular flexibility index (Phi) is 10.6. The minimum Gasteiger partial charge on any atom is -0.454 e. The van der Waals surface area contributed by atoms with Gasteiger partial charge in [-0.15, -0.1) is 0 Å². The van der Waals surface area contributed by atoms with Gasteiger partial charge in [0.05, 0.1) is 6.54 Å². The van der Waals surface area contributed by atoms with Crippen molar-refractivity contribution in [1.29, 1.82) is 0 Å². The number of hydrogen-bond donors (Lipinski definition) is 0. The van der Waals surface area contributed by atoms with Crippen molar-refractivity contribution in [2.75, 3.05) is 38.4 Å². The molecular weight excluding hydrogens is 460 g/mol. The van der Waals surface area contributed by atoms with Gasteiger partial charge in [0, 0.05) is 31.9 Å². The van der Waals surface area contributed by atoms with Gasteiger partial charge in [0.15, 0.2) is 11.5 Å². The highest BCUT2D eigenvalue weighted by Gasteiger charge is 2.35. The van der Waals surface area contributed by atoms with Crippen molar-refractivity contribution in [3.05, 3.63) is 65.7 Å². The highest BCUT2D eigenvalue weighted by atomic mass is 16.7. The molecule has 2 aliphatic heterocycles. The zero-order chi connectivity index (χ0) is 26.8. The van der Waals surface area contributed by atoms with Crippen LogP contribution in [0.3, 0.4) is 0 Å². The number of allylic oxidation sites excluding steroid dienone is 2. The van der Waals surface area contributed by atoms with Gasteiger partial charge in [-0.25, -0.2) is 0 Å². The largest absolute Gasteiger partial charge is 0.454 e. The van der Waals surface area contributed by atoms with Gasteiger partial charge in [-0.2, -0.15) is 0 Å². The molecule has 2 heterocycles. The summed E-state index contributed by atoms with van der Waals surface area (Å²) >= 11 is 0. The minimum absolute atomic E-state index is 0.143. The maximum absolute atomic E-state index is 11.1. The summed E-state index contributed by atoms with van der Waals surface area (Å²) in [6, 6.07) is 15.3. The number of carbonyl (C=O) groups excluding carboxylic acids is 1. The molecule has 0 spiro atoms. The van der Waals surface area contributed by atoms with Crippen LogP contribution in [0, 0.1) is 12.3 Å². The van der Waals surface area contributed by atoms with E-state index in [1.54, 1.807) is 0 Å². The summed E-state index contributed by atoms with van der Waals surface area (Å²) in [5.41, 5.74) is 4.08. The summed E-state index contributed by atoms with van der Waals surface area (Å²) in [7, 11) is 2.16. The standard InChI is InChI=1S/C20H27NO3.C12H19N/c1-4-7-20(2,3)12-17-10-16(13-21(17)8-9-22)15-5-6-18-19(11-15)24-14-23-18;1-4-5-9-13(3)12-8-6-7-11(2)10-12/h4-7,9,11,16-17H,8,10,12-14H2,1-3H3;6-8,10H,4-5,9H2,1-3H3/b7-4+;/t16?,17-;/m1./s1. The van der Waals surface area contributed by atoms with Gasteiger partial charge in [-0.1, -0.05) is 57.5 Å². The lowest BCUT2D eigenvalue weighted by atomic mass is 9.83. The molecule has 0 aliphatic carbocycles. The van der Waals surface area contributed by atoms with E-state index in [0.29, 0.717) is 25.3 Å². The summed E-state index contributed by atoms with van der Waals surface area (Å²) in [6.07, 6.45) is 10.1. The average Bonchev–Trinajstić information content (AvgIpc) is 3.49. The number of aryl methyl sites for hydroxylation is 1. The number of ether oxygens (including phenoxy) is 2. The normalized spacial score (nSPS) is 19.1. The van der Waals surface area contributed by atoms with Gasteiger partial charge < -0.3 is 19.2 Å². The number of benzene rings is 2. The maximum Gasteiger partial charge on any atom is 0.231 e. The molecule has 0 aromatic heterocycles. The van der Waals surface area contributed by atoms with E-state index >= 15 is 0 Å². The molecule has 37 heavy (non-hydrogen) atoms. The van der Waals surface area contributed by atoms with Crippen LogP contribution in [0.15, 0.2) is 54.6 Å². The summed E-state index contributed by atoms with van der Waals surface area (Å²) in [6.45, 7) is 13.9. The molecule has 1 fully saturated rings. The second kappa shape index (κ2) is 13.7. The minimum atomic E-state index is 0.143. The fourth-order valence-corrected chi connectivity index (χ4v) is 5.44. The van der Waals surface area contributed by atoms with Crippen LogP contribution in [0.2, 0.25) is 0 Å². The zero-order valence-electron chi connectivity index (χ0n) is 23.7. The van der Waals surface area contributed by atoms with Gasteiger partial charge in [0.25, 0.3) is 0 Å². The summed E-state index contributed by atoms with van der Waals surface area (Å²) < 4.78 is 10.9. The number of carbonyl (C=O) groups is 1. The van der Waals surface area contributed by atoms with Crippen molar-refractivity contribution in [3.8, 4) is 11.5 Å². The molecule has 2 aromatic rings. The third kappa shape index (κ3) is 8.36. The molecule has 2 aromatic carbocycles. The molecule has 0 saturated carbocycles. The van der Waals surface area contributed by atoms with E-state index in [1.165, 1.54) is 29.7 Å². The van der Waals surface area contributed by atoms with Crippen LogP contribution in [-0.4, -0.2) is 50.7 Å². The van der Waals surface area contributed by atoms with Gasteiger partial charge in [-0.05, 0) is 79.8 Å². The second-order valence-electron chi connectivity index (χ2n) is 11.1. The fourth-order valence-electron chi connectivity index (χ4n) is 5.44. The topological polar surface area (TPSA) is 42.0 Å². The van der Waals surface area contributed by atoms with Crippen LogP contribution in [0.5, 0.6) is 11.5 Å². The molecule has 202 valence electrons. The number of nitrogens with zero attached hydrogens (tertiary/aromatic N) is 2. The Balaban J connectivity index is 0.000000248. The Hall–Kier alpha value is -2.79. The Morgan fingerprint density at radius 2 is 1.92 bits per heavy atom. The van der Waals surface area contributed by atoms with Crippen molar-refractivity contribution in [2.24, 2.45) is 5.41 Å². The SMILES string of the molecule is C/C=C/C(C)(C)C[C@H]1CC(c2ccc3c(c2)OCO3)CN1CC=O.CCCCN(C)c1cccc(C)c1. The molecular formula is C32H46N2O3. The van der Waals surface area contributed by atoms with Crippen molar-refractivity contribution in [1.82, 2.24) is 4.90 Å². The molecule has 1 saturated heterocycles. The van der Waals surface area contributed by atoms with Crippen LogP contribution in [0.1, 0.15) is 70.4 Å². The van der Waals surface area contributed by atoms with Gasteiger partial charge >= 0.3 is 0 Å². The zero-order valence-corrected chi connectivity index (χ0v) is 23.7. The van der Waals surface area contributed by atoms with Crippen molar-refractivity contribution in [3.63, 3.8) is 0 Å². The van der Waals surface area contributed by atoms with E-state index in [-0.39, 0.29) is 5.41 Å². The van der Waals surface area contributed by atoms with E-state index in [0.717, 1.165) is 43.7 Å². The highest BCUT2D eigenvalue weighted by molar-refractivity contribution is 5.52. The number of fused-ring (bicyclic) bond motifs is 1. The van der Waals surface area contributed by atoms with Gasteiger partial charge in [0.1, 0.15) is 6.29 Å². The third-order valence-corrected chi connectivity index (χ3v) is 7.37. The summed E-state index contributed by atoms with van der Waals surface area (Å²) in [4.78, 5) is 15.7. The van der Waals surface area contributed by atoms with Gasteiger partial charge in [-0.3, -0.25) is 4.90 Å². The van der Waals surface area contributed by atoms with E-state index in [1.807, 2.05) is 6.07 Å². The predicted octanol–water partition coefficient (Wildman–Crippen LogP) is 7.00.